The van der Waals surface area contributed by atoms with Crippen LogP contribution in [0.5, 0.6) is 0 Å². The molecule has 106 valence electrons. The summed E-state index contributed by atoms with van der Waals surface area (Å²) in [5.74, 6) is 0.904. The second-order valence-electron chi connectivity index (χ2n) is 4.86. The van der Waals surface area contributed by atoms with Gasteiger partial charge < -0.3 is 9.26 Å². The van der Waals surface area contributed by atoms with Crippen molar-refractivity contribution in [2.75, 3.05) is 19.7 Å². The third-order valence-corrected chi connectivity index (χ3v) is 3.33. The third-order valence-electron chi connectivity index (χ3n) is 3.33. The summed E-state index contributed by atoms with van der Waals surface area (Å²) < 4.78 is 24.3. The van der Waals surface area contributed by atoms with Crippen molar-refractivity contribution in [2.45, 2.75) is 19.6 Å². The van der Waals surface area contributed by atoms with Crippen LogP contribution < -0.4 is 0 Å². The summed E-state index contributed by atoms with van der Waals surface area (Å²) in [5.41, 5.74) is 0.692. The molecule has 0 bridgehead atoms. The SMILES string of the molecule is Cc1nc([C@@H]2CN(Cc3ccccc3F)CCO2)no1. The zero-order valence-corrected chi connectivity index (χ0v) is 11.3. The summed E-state index contributed by atoms with van der Waals surface area (Å²) in [6.07, 6.45) is -0.215. The molecule has 1 saturated heterocycles. The van der Waals surface area contributed by atoms with Gasteiger partial charge in [0.1, 0.15) is 11.9 Å². The van der Waals surface area contributed by atoms with E-state index in [9.17, 15) is 4.39 Å². The molecule has 1 aliphatic heterocycles. The zero-order chi connectivity index (χ0) is 13.9. The fraction of sp³-hybridized carbons (Fsp3) is 0.429. The largest absolute Gasteiger partial charge is 0.367 e. The predicted octanol–water partition coefficient (Wildman–Crippen LogP) is 2.09. The molecule has 1 aromatic heterocycles. The van der Waals surface area contributed by atoms with E-state index in [-0.39, 0.29) is 11.9 Å². The predicted molar refractivity (Wildman–Crippen MR) is 69.4 cm³/mol. The first-order valence-corrected chi connectivity index (χ1v) is 6.60. The van der Waals surface area contributed by atoms with Crippen LogP contribution >= 0.6 is 0 Å². The molecule has 1 aliphatic rings. The maximum absolute atomic E-state index is 13.7. The van der Waals surface area contributed by atoms with E-state index in [0.717, 1.165) is 6.54 Å². The van der Waals surface area contributed by atoms with E-state index < -0.39 is 0 Å². The Bertz CT molecular complexity index is 587. The second kappa shape index (κ2) is 5.68. The van der Waals surface area contributed by atoms with Crippen molar-refractivity contribution < 1.29 is 13.7 Å². The highest BCUT2D eigenvalue weighted by molar-refractivity contribution is 5.17. The van der Waals surface area contributed by atoms with Crippen LogP contribution in [0, 0.1) is 12.7 Å². The smallest absolute Gasteiger partial charge is 0.223 e. The maximum Gasteiger partial charge on any atom is 0.223 e. The van der Waals surface area contributed by atoms with Crippen molar-refractivity contribution in [3.05, 3.63) is 47.4 Å². The van der Waals surface area contributed by atoms with Gasteiger partial charge in [-0.15, -0.1) is 0 Å². The van der Waals surface area contributed by atoms with Gasteiger partial charge in [-0.25, -0.2) is 4.39 Å². The lowest BCUT2D eigenvalue weighted by molar-refractivity contribution is -0.0383. The minimum Gasteiger partial charge on any atom is -0.367 e. The molecule has 1 aromatic carbocycles. The molecular formula is C14H16FN3O2. The van der Waals surface area contributed by atoms with Crippen molar-refractivity contribution in [1.82, 2.24) is 15.0 Å². The summed E-state index contributed by atoms with van der Waals surface area (Å²) in [6, 6.07) is 6.83. The van der Waals surface area contributed by atoms with E-state index in [4.69, 9.17) is 9.26 Å². The van der Waals surface area contributed by atoms with Crippen LogP contribution in [-0.4, -0.2) is 34.7 Å². The summed E-state index contributed by atoms with van der Waals surface area (Å²) in [4.78, 5) is 6.33. The van der Waals surface area contributed by atoms with Gasteiger partial charge in [-0.05, 0) is 6.07 Å². The van der Waals surface area contributed by atoms with Crippen molar-refractivity contribution in [1.29, 1.82) is 0 Å². The Morgan fingerprint density at radius 3 is 3.00 bits per heavy atom. The highest BCUT2D eigenvalue weighted by Crippen LogP contribution is 2.21. The summed E-state index contributed by atoms with van der Waals surface area (Å²) in [7, 11) is 0. The molecule has 0 amide bonds. The van der Waals surface area contributed by atoms with Crippen molar-refractivity contribution in [3.8, 4) is 0 Å². The number of hydrogen-bond acceptors (Lipinski definition) is 5. The van der Waals surface area contributed by atoms with Crippen molar-refractivity contribution >= 4 is 0 Å². The van der Waals surface area contributed by atoms with E-state index >= 15 is 0 Å². The zero-order valence-electron chi connectivity index (χ0n) is 11.3. The fourth-order valence-electron chi connectivity index (χ4n) is 2.32. The first kappa shape index (κ1) is 13.2. The molecule has 1 atom stereocenters. The Labute approximate surface area is 116 Å². The van der Waals surface area contributed by atoms with Crippen LogP contribution in [0.1, 0.15) is 23.4 Å². The average Bonchev–Trinajstić information content (AvgIpc) is 2.89. The Hall–Kier alpha value is -1.79. The molecule has 2 heterocycles. The molecular weight excluding hydrogens is 261 g/mol. The monoisotopic (exact) mass is 277 g/mol. The summed E-state index contributed by atoms with van der Waals surface area (Å²) >= 11 is 0. The lowest BCUT2D eigenvalue weighted by Crippen LogP contribution is -2.38. The molecule has 20 heavy (non-hydrogen) atoms. The lowest BCUT2D eigenvalue weighted by Gasteiger charge is -2.31. The molecule has 6 heteroatoms. The highest BCUT2D eigenvalue weighted by atomic mass is 19.1. The summed E-state index contributed by atoms with van der Waals surface area (Å²) in [6.45, 7) is 4.28. The van der Waals surface area contributed by atoms with Crippen LogP contribution in [0.2, 0.25) is 0 Å². The normalized spacial score (nSPS) is 20.2. The molecule has 2 aromatic rings. The lowest BCUT2D eigenvalue weighted by atomic mass is 10.1. The number of benzene rings is 1. The Balaban J connectivity index is 1.68. The van der Waals surface area contributed by atoms with E-state index in [2.05, 4.69) is 15.0 Å². The van der Waals surface area contributed by atoms with E-state index in [1.807, 2.05) is 6.07 Å². The number of hydrogen-bond donors (Lipinski definition) is 0. The third kappa shape index (κ3) is 2.86. The quantitative estimate of drug-likeness (QED) is 0.860. The first-order valence-electron chi connectivity index (χ1n) is 6.60. The van der Waals surface area contributed by atoms with E-state index in [1.165, 1.54) is 6.07 Å². The molecule has 0 spiro atoms. The molecule has 0 unspecified atom stereocenters. The van der Waals surface area contributed by atoms with Gasteiger partial charge >= 0.3 is 0 Å². The van der Waals surface area contributed by atoms with Gasteiger partial charge in [0.05, 0.1) is 6.61 Å². The van der Waals surface area contributed by atoms with E-state index in [1.54, 1.807) is 19.1 Å². The molecule has 3 rings (SSSR count). The Morgan fingerprint density at radius 2 is 2.25 bits per heavy atom. The van der Waals surface area contributed by atoms with Crippen LogP contribution in [0.3, 0.4) is 0 Å². The minimum absolute atomic E-state index is 0.175. The Morgan fingerprint density at radius 1 is 1.40 bits per heavy atom. The average molecular weight is 277 g/mol. The second-order valence-corrected chi connectivity index (χ2v) is 4.86. The number of morpholine rings is 1. The number of aromatic nitrogens is 2. The minimum atomic E-state index is -0.215. The fourth-order valence-corrected chi connectivity index (χ4v) is 2.32. The molecule has 0 radical (unpaired) electrons. The highest BCUT2D eigenvalue weighted by Gasteiger charge is 2.26. The number of nitrogens with zero attached hydrogens (tertiary/aromatic N) is 3. The first-order chi connectivity index (χ1) is 9.72. The van der Waals surface area contributed by atoms with Crippen molar-refractivity contribution in [2.24, 2.45) is 0 Å². The number of aryl methyl sites for hydroxylation is 1. The van der Waals surface area contributed by atoms with Gasteiger partial charge in [0.2, 0.25) is 11.7 Å². The number of ether oxygens (including phenoxy) is 1. The molecule has 0 aliphatic carbocycles. The topological polar surface area (TPSA) is 51.4 Å². The van der Waals surface area contributed by atoms with Gasteiger partial charge in [-0.2, -0.15) is 4.98 Å². The van der Waals surface area contributed by atoms with Gasteiger partial charge in [-0.3, -0.25) is 4.90 Å². The van der Waals surface area contributed by atoms with Gasteiger partial charge in [0.15, 0.2) is 0 Å². The van der Waals surface area contributed by atoms with Crippen molar-refractivity contribution in [3.63, 3.8) is 0 Å². The number of rotatable bonds is 3. The van der Waals surface area contributed by atoms with E-state index in [0.29, 0.717) is 37.0 Å². The molecule has 1 fully saturated rings. The maximum atomic E-state index is 13.7. The molecule has 0 N–H and O–H groups in total. The van der Waals surface area contributed by atoms with Gasteiger partial charge in [0.25, 0.3) is 0 Å². The van der Waals surface area contributed by atoms with Crippen LogP contribution in [-0.2, 0) is 11.3 Å². The summed E-state index contributed by atoms with van der Waals surface area (Å²) in [5, 5.41) is 3.89. The standard InChI is InChI=1S/C14H16FN3O2/c1-10-16-14(17-20-10)13-9-18(6-7-19-13)8-11-4-2-3-5-12(11)15/h2-5,13H,6-9H2,1H3/t13-/m0/s1. The van der Waals surface area contributed by atoms with Gasteiger partial charge in [0, 0.05) is 32.1 Å². The van der Waals surface area contributed by atoms with Crippen LogP contribution in [0.4, 0.5) is 4.39 Å². The number of halogens is 1. The van der Waals surface area contributed by atoms with Crippen LogP contribution in [0.15, 0.2) is 28.8 Å². The molecule has 0 saturated carbocycles. The Kier molecular flexibility index (Phi) is 3.75. The molecule has 5 nitrogen and oxygen atoms in total. The van der Waals surface area contributed by atoms with Gasteiger partial charge in [-0.1, -0.05) is 23.4 Å². The van der Waals surface area contributed by atoms with Crippen LogP contribution in [0.25, 0.3) is 0 Å².